The van der Waals surface area contributed by atoms with Crippen LogP contribution in [0.25, 0.3) is 0 Å². The fourth-order valence-electron chi connectivity index (χ4n) is 4.02. The fraction of sp³-hybridized carbons (Fsp3) is 0.435. The predicted octanol–water partition coefficient (Wildman–Crippen LogP) is 6.93. The third-order valence-electron chi connectivity index (χ3n) is 5.38. The number of rotatable bonds is 5. The highest BCUT2D eigenvalue weighted by molar-refractivity contribution is 6.35. The molecular weight excluding hydrogens is 393 g/mol. The lowest BCUT2D eigenvalue weighted by Crippen LogP contribution is -2.42. The predicted molar refractivity (Wildman–Crippen MR) is 117 cm³/mol. The highest BCUT2D eigenvalue weighted by Gasteiger charge is 2.42. The van der Waals surface area contributed by atoms with Crippen LogP contribution in [0, 0.1) is 6.92 Å². The Hall–Kier alpha value is -1.71. The Bertz CT molecular complexity index is 858. The van der Waals surface area contributed by atoms with Gasteiger partial charge >= 0.3 is 0 Å². The molecule has 0 bridgehead atoms. The highest BCUT2D eigenvalue weighted by atomic mass is 35.5. The van der Waals surface area contributed by atoms with Gasteiger partial charge in [-0.3, -0.25) is 4.79 Å². The van der Waals surface area contributed by atoms with Gasteiger partial charge in [-0.25, -0.2) is 0 Å². The van der Waals surface area contributed by atoms with Crippen molar-refractivity contribution in [2.75, 3.05) is 5.32 Å². The van der Waals surface area contributed by atoms with E-state index in [0.29, 0.717) is 10.0 Å². The minimum Gasteiger partial charge on any atom is -0.491 e. The maximum atomic E-state index is 13.5. The van der Waals surface area contributed by atoms with Gasteiger partial charge in [0.1, 0.15) is 5.75 Å². The van der Waals surface area contributed by atoms with Gasteiger partial charge in [0.25, 0.3) is 0 Å². The van der Waals surface area contributed by atoms with Crippen LogP contribution in [-0.2, 0) is 10.2 Å². The molecule has 150 valence electrons. The van der Waals surface area contributed by atoms with E-state index in [4.69, 9.17) is 27.9 Å². The summed E-state index contributed by atoms with van der Waals surface area (Å²) in [6, 6.07) is 11.2. The third kappa shape index (κ3) is 4.47. The Morgan fingerprint density at radius 3 is 2.39 bits per heavy atom. The van der Waals surface area contributed by atoms with Crippen LogP contribution in [0.5, 0.6) is 5.75 Å². The van der Waals surface area contributed by atoms with Gasteiger partial charge in [0.15, 0.2) is 0 Å². The molecule has 0 aliphatic heterocycles. The summed E-state index contributed by atoms with van der Waals surface area (Å²) >= 11 is 12.6. The molecule has 2 aromatic carbocycles. The van der Waals surface area contributed by atoms with E-state index in [1.54, 1.807) is 6.07 Å². The van der Waals surface area contributed by atoms with Gasteiger partial charge in [0.2, 0.25) is 5.91 Å². The van der Waals surface area contributed by atoms with Crippen LogP contribution in [0.1, 0.15) is 57.1 Å². The summed E-state index contributed by atoms with van der Waals surface area (Å²) in [6.45, 7) is 5.98. The van der Waals surface area contributed by atoms with Gasteiger partial charge in [-0.05, 0) is 75.1 Å². The SMILES string of the molecule is Cc1cc(NC(=O)C2(c3ccc(Cl)cc3Cl)CCCCC2)ccc1OC(C)C. The van der Waals surface area contributed by atoms with Crippen LogP contribution in [0.4, 0.5) is 5.69 Å². The van der Waals surface area contributed by atoms with Gasteiger partial charge in [-0.2, -0.15) is 0 Å². The largest absolute Gasteiger partial charge is 0.491 e. The summed E-state index contributed by atoms with van der Waals surface area (Å²) in [5, 5.41) is 4.26. The zero-order chi connectivity index (χ0) is 20.3. The minimum atomic E-state index is -0.624. The van der Waals surface area contributed by atoms with Gasteiger partial charge in [0, 0.05) is 15.7 Å². The quantitative estimate of drug-likeness (QED) is 0.570. The first-order valence-corrected chi connectivity index (χ1v) is 10.6. The third-order valence-corrected chi connectivity index (χ3v) is 5.93. The molecule has 0 saturated heterocycles. The standard InChI is InChI=1S/C23H27Cl2NO2/c1-15(2)28-21-10-8-18(13-16(21)3)26-22(27)23(11-5-4-6-12-23)19-9-7-17(24)14-20(19)25/h7-10,13-15H,4-6,11-12H2,1-3H3,(H,26,27). The monoisotopic (exact) mass is 419 g/mol. The van der Waals surface area contributed by atoms with Crippen molar-refractivity contribution in [3.8, 4) is 5.75 Å². The molecule has 1 amide bonds. The summed E-state index contributed by atoms with van der Waals surface area (Å²) in [4.78, 5) is 13.5. The number of amides is 1. The molecule has 0 heterocycles. The Labute approximate surface area is 177 Å². The van der Waals surface area contributed by atoms with E-state index in [-0.39, 0.29) is 12.0 Å². The van der Waals surface area contributed by atoms with Gasteiger partial charge in [-0.1, -0.05) is 48.5 Å². The van der Waals surface area contributed by atoms with Crippen molar-refractivity contribution in [1.29, 1.82) is 0 Å². The van der Waals surface area contributed by atoms with Crippen molar-refractivity contribution in [3.05, 3.63) is 57.6 Å². The van der Waals surface area contributed by atoms with E-state index >= 15 is 0 Å². The zero-order valence-electron chi connectivity index (χ0n) is 16.6. The summed E-state index contributed by atoms with van der Waals surface area (Å²) in [7, 11) is 0. The number of hydrogen-bond acceptors (Lipinski definition) is 2. The second-order valence-electron chi connectivity index (χ2n) is 7.87. The number of carbonyl (C=O) groups excluding carboxylic acids is 1. The lowest BCUT2D eigenvalue weighted by molar-refractivity contribution is -0.122. The van der Waals surface area contributed by atoms with E-state index in [2.05, 4.69) is 5.32 Å². The Kier molecular flexibility index (Phi) is 6.57. The lowest BCUT2D eigenvalue weighted by Gasteiger charge is -2.37. The lowest BCUT2D eigenvalue weighted by atomic mass is 9.68. The van der Waals surface area contributed by atoms with Crippen LogP contribution in [-0.4, -0.2) is 12.0 Å². The first-order valence-electron chi connectivity index (χ1n) is 9.86. The second kappa shape index (κ2) is 8.75. The van der Waals surface area contributed by atoms with Crippen molar-refractivity contribution in [3.63, 3.8) is 0 Å². The second-order valence-corrected chi connectivity index (χ2v) is 8.71. The molecule has 0 unspecified atom stereocenters. The molecule has 1 aliphatic rings. The number of nitrogens with one attached hydrogen (secondary N) is 1. The van der Waals surface area contributed by atoms with E-state index in [9.17, 15) is 4.79 Å². The Morgan fingerprint density at radius 2 is 1.79 bits per heavy atom. The topological polar surface area (TPSA) is 38.3 Å². The molecule has 5 heteroatoms. The van der Waals surface area contributed by atoms with Crippen LogP contribution < -0.4 is 10.1 Å². The average Bonchev–Trinajstić information content (AvgIpc) is 2.64. The zero-order valence-corrected chi connectivity index (χ0v) is 18.2. The molecule has 0 radical (unpaired) electrons. The normalized spacial score (nSPS) is 16.1. The number of anilines is 1. The maximum absolute atomic E-state index is 13.5. The van der Waals surface area contributed by atoms with Crippen molar-refractivity contribution in [2.45, 2.75) is 64.4 Å². The molecule has 2 aromatic rings. The van der Waals surface area contributed by atoms with Crippen molar-refractivity contribution in [1.82, 2.24) is 0 Å². The molecule has 1 N–H and O–H groups in total. The number of aryl methyl sites for hydroxylation is 1. The molecule has 1 fully saturated rings. The van der Waals surface area contributed by atoms with Crippen LogP contribution in [0.2, 0.25) is 10.0 Å². The summed E-state index contributed by atoms with van der Waals surface area (Å²) in [5.41, 5.74) is 2.01. The molecule has 1 saturated carbocycles. The smallest absolute Gasteiger partial charge is 0.235 e. The van der Waals surface area contributed by atoms with Gasteiger partial charge in [0.05, 0.1) is 11.5 Å². The number of carbonyl (C=O) groups is 1. The molecule has 1 aliphatic carbocycles. The summed E-state index contributed by atoms with van der Waals surface area (Å²) in [6.07, 6.45) is 4.83. The van der Waals surface area contributed by atoms with Crippen molar-refractivity contribution < 1.29 is 9.53 Å². The van der Waals surface area contributed by atoms with Crippen molar-refractivity contribution in [2.24, 2.45) is 0 Å². The molecule has 0 spiro atoms. The minimum absolute atomic E-state index is 0.00616. The number of hydrogen-bond donors (Lipinski definition) is 1. The summed E-state index contributed by atoms with van der Waals surface area (Å²) in [5.74, 6) is 0.828. The first kappa shape index (κ1) is 21.0. The Morgan fingerprint density at radius 1 is 1.07 bits per heavy atom. The Balaban J connectivity index is 1.90. The van der Waals surface area contributed by atoms with Gasteiger partial charge < -0.3 is 10.1 Å². The fourth-order valence-corrected chi connectivity index (χ4v) is 4.61. The molecule has 3 rings (SSSR count). The molecule has 0 atom stereocenters. The van der Waals surface area contributed by atoms with E-state index in [1.807, 2.05) is 51.1 Å². The van der Waals surface area contributed by atoms with Crippen LogP contribution in [0.15, 0.2) is 36.4 Å². The molecule has 28 heavy (non-hydrogen) atoms. The van der Waals surface area contributed by atoms with Crippen LogP contribution in [0.3, 0.4) is 0 Å². The first-order chi connectivity index (χ1) is 13.3. The number of ether oxygens (including phenoxy) is 1. The molecule has 0 aromatic heterocycles. The number of halogens is 2. The van der Waals surface area contributed by atoms with E-state index < -0.39 is 5.41 Å². The molecular formula is C23H27Cl2NO2. The van der Waals surface area contributed by atoms with Crippen LogP contribution >= 0.6 is 23.2 Å². The molecule has 3 nitrogen and oxygen atoms in total. The highest BCUT2D eigenvalue weighted by Crippen LogP contribution is 2.44. The van der Waals surface area contributed by atoms with Gasteiger partial charge in [-0.15, -0.1) is 0 Å². The van der Waals surface area contributed by atoms with E-state index in [1.165, 1.54) is 0 Å². The van der Waals surface area contributed by atoms with E-state index in [0.717, 1.165) is 54.7 Å². The summed E-state index contributed by atoms with van der Waals surface area (Å²) < 4.78 is 5.79. The van der Waals surface area contributed by atoms with Crippen molar-refractivity contribution >= 4 is 34.8 Å². The number of benzene rings is 2. The maximum Gasteiger partial charge on any atom is 0.235 e. The average molecular weight is 420 g/mol.